The highest BCUT2D eigenvalue weighted by Crippen LogP contribution is 2.20. The van der Waals surface area contributed by atoms with E-state index in [-0.39, 0.29) is 0 Å². The summed E-state index contributed by atoms with van der Waals surface area (Å²) in [6.07, 6.45) is 7.88. The van der Waals surface area contributed by atoms with Crippen molar-refractivity contribution >= 4 is 41.9 Å². The minimum Gasteiger partial charge on any atom is -0.0812 e. The number of benzene rings is 5. The third kappa shape index (κ3) is 6.11. The van der Waals surface area contributed by atoms with Crippen LogP contribution in [-0.2, 0) is 0 Å². The lowest BCUT2D eigenvalue weighted by atomic mass is 9.97. The van der Waals surface area contributed by atoms with Crippen molar-refractivity contribution in [1.29, 1.82) is 0 Å². The summed E-state index contributed by atoms with van der Waals surface area (Å²) in [5, 5.41) is 4.16. The summed E-state index contributed by atoms with van der Waals surface area (Å²) in [6, 6.07) is 50.9. The average Bonchev–Trinajstić information content (AvgIpc) is 3.02. The van der Waals surface area contributed by atoms with Gasteiger partial charge in [0, 0.05) is 0 Å². The number of hydrogen-bond acceptors (Lipinski definition) is 0. The molecule has 39 heavy (non-hydrogen) atoms. The Hall–Kier alpha value is -4.20. The van der Waals surface area contributed by atoms with Crippen molar-refractivity contribution in [2.75, 3.05) is 0 Å². The molecule has 1 atom stereocenters. The van der Waals surface area contributed by atoms with Gasteiger partial charge in [-0.25, -0.2) is 0 Å². The highest BCUT2D eigenvalue weighted by Gasteiger charge is 2.36. The maximum atomic E-state index is 2.50. The van der Waals surface area contributed by atoms with E-state index >= 15 is 0 Å². The monoisotopic (exact) mass is 520 g/mol. The smallest absolute Gasteiger partial charge is 0.0812 e. The highest BCUT2D eigenvalue weighted by atomic mass is 28.3. The molecule has 0 nitrogen and oxygen atoms in total. The molecule has 5 rings (SSSR count). The van der Waals surface area contributed by atoms with Gasteiger partial charge in [-0.05, 0) is 50.2 Å². The zero-order valence-electron chi connectivity index (χ0n) is 22.9. The molecule has 0 amide bonds. The molecule has 0 radical (unpaired) electrons. The first-order valence-electron chi connectivity index (χ1n) is 13.9. The summed E-state index contributed by atoms with van der Waals surface area (Å²) in [5.41, 5.74) is 7.55. The van der Waals surface area contributed by atoms with Crippen molar-refractivity contribution in [2.45, 2.75) is 26.2 Å². The van der Waals surface area contributed by atoms with Gasteiger partial charge in [0.15, 0.2) is 8.07 Å². The summed E-state index contributed by atoms with van der Waals surface area (Å²) in [5.74, 6) is 0.607. The second kappa shape index (κ2) is 12.6. The largest absolute Gasteiger partial charge is 0.172 e. The van der Waals surface area contributed by atoms with E-state index < -0.39 is 8.07 Å². The van der Waals surface area contributed by atoms with Gasteiger partial charge in [-0.3, -0.25) is 0 Å². The minimum atomic E-state index is -2.39. The van der Waals surface area contributed by atoms with Gasteiger partial charge in [0.05, 0.1) is 0 Å². The Kier molecular flexibility index (Phi) is 8.50. The molecule has 1 heteroatoms. The van der Waals surface area contributed by atoms with Crippen molar-refractivity contribution < 1.29 is 0 Å². The van der Waals surface area contributed by atoms with E-state index in [4.69, 9.17) is 0 Å². The van der Waals surface area contributed by atoms with E-state index in [0.29, 0.717) is 5.92 Å². The molecule has 0 fully saturated rings. The van der Waals surface area contributed by atoms with Crippen LogP contribution in [0.5, 0.6) is 0 Å². The molecule has 0 aliphatic heterocycles. The van der Waals surface area contributed by atoms with Crippen LogP contribution in [0.1, 0.15) is 48.4 Å². The van der Waals surface area contributed by atoms with E-state index in [0.717, 1.165) is 0 Å². The topological polar surface area (TPSA) is 0 Å². The third-order valence-electron chi connectivity index (χ3n) is 7.74. The highest BCUT2D eigenvalue weighted by molar-refractivity contribution is 7.15. The van der Waals surface area contributed by atoms with E-state index in [1.165, 1.54) is 44.2 Å². The van der Waals surface area contributed by atoms with E-state index in [9.17, 15) is 0 Å². The van der Waals surface area contributed by atoms with Crippen LogP contribution in [0.25, 0.3) is 18.2 Å². The Morgan fingerprint density at radius 2 is 0.846 bits per heavy atom. The summed E-state index contributed by atoms with van der Waals surface area (Å²) in [6.45, 7) is 4.53. The van der Waals surface area contributed by atoms with Crippen molar-refractivity contribution in [3.05, 3.63) is 167 Å². The summed E-state index contributed by atoms with van der Waals surface area (Å²) in [4.78, 5) is 0. The lowest BCUT2D eigenvalue weighted by molar-refractivity contribution is 0.733. The van der Waals surface area contributed by atoms with Gasteiger partial charge in [0.25, 0.3) is 0 Å². The maximum absolute atomic E-state index is 2.50. The average molecular weight is 521 g/mol. The van der Waals surface area contributed by atoms with Gasteiger partial charge in [0.2, 0.25) is 0 Å². The fourth-order valence-corrected chi connectivity index (χ4v) is 9.37. The van der Waals surface area contributed by atoms with Gasteiger partial charge in [-0.2, -0.15) is 0 Å². The quantitative estimate of drug-likeness (QED) is 0.105. The fraction of sp³-hybridized carbons (Fsp3) is 0.105. The second-order valence-electron chi connectivity index (χ2n) is 10.2. The standard InChI is InChI=1S/C38H36Si/c1-3-31(2)35-27-25-33(26-28-35)20-19-32-21-23-34(24-22-32)29-30-39(36-13-7-4-8-14-36,37-15-9-5-10-16-37)38-17-11-6-12-18-38/h4-31H,3H2,1-2H3/b20-19+,30-29+. The molecular formula is C38H36Si. The van der Waals surface area contributed by atoms with Gasteiger partial charge in [-0.15, -0.1) is 0 Å². The molecule has 0 aliphatic carbocycles. The third-order valence-corrected chi connectivity index (χ3v) is 12.1. The molecule has 0 spiro atoms. The maximum Gasteiger partial charge on any atom is 0.172 e. The van der Waals surface area contributed by atoms with Crippen LogP contribution >= 0.6 is 0 Å². The first-order chi connectivity index (χ1) is 19.2. The number of rotatable bonds is 9. The van der Waals surface area contributed by atoms with Crippen LogP contribution < -0.4 is 15.6 Å². The summed E-state index contributed by atoms with van der Waals surface area (Å²) >= 11 is 0. The zero-order valence-corrected chi connectivity index (χ0v) is 23.9. The Morgan fingerprint density at radius 3 is 1.23 bits per heavy atom. The molecule has 0 aliphatic rings. The first-order valence-corrected chi connectivity index (χ1v) is 16.0. The van der Waals surface area contributed by atoms with E-state index in [2.05, 4.69) is 177 Å². The predicted molar refractivity (Wildman–Crippen MR) is 174 cm³/mol. The fourth-order valence-electron chi connectivity index (χ4n) is 5.20. The molecule has 0 N–H and O–H groups in total. The van der Waals surface area contributed by atoms with Gasteiger partial charge >= 0.3 is 0 Å². The van der Waals surface area contributed by atoms with Gasteiger partial charge < -0.3 is 0 Å². The zero-order chi connectivity index (χ0) is 26.9. The predicted octanol–water partition coefficient (Wildman–Crippen LogP) is 8.09. The molecular weight excluding hydrogens is 485 g/mol. The Labute approximate surface area is 235 Å². The van der Waals surface area contributed by atoms with Crippen LogP contribution in [0.15, 0.2) is 145 Å². The van der Waals surface area contributed by atoms with Crippen molar-refractivity contribution in [1.82, 2.24) is 0 Å². The minimum absolute atomic E-state index is 0.607. The van der Waals surface area contributed by atoms with E-state index in [1.54, 1.807) is 0 Å². The second-order valence-corrected chi connectivity index (χ2v) is 13.9. The molecule has 5 aromatic rings. The van der Waals surface area contributed by atoms with Crippen LogP contribution in [0.4, 0.5) is 0 Å². The lowest BCUT2D eigenvalue weighted by Crippen LogP contribution is -2.66. The lowest BCUT2D eigenvalue weighted by Gasteiger charge is -2.30. The van der Waals surface area contributed by atoms with Crippen LogP contribution in [0.2, 0.25) is 0 Å². The molecule has 192 valence electrons. The normalized spacial score (nSPS) is 12.7. The molecule has 5 aromatic carbocycles. The summed E-state index contributed by atoms with van der Waals surface area (Å²) < 4.78 is 0. The molecule has 0 heterocycles. The van der Waals surface area contributed by atoms with Crippen LogP contribution in [-0.4, -0.2) is 8.07 Å². The van der Waals surface area contributed by atoms with Crippen molar-refractivity contribution in [2.24, 2.45) is 0 Å². The van der Waals surface area contributed by atoms with Gasteiger partial charge in [-0.1, -0.05) is 177 Å². The molecule has 0 saturated carbocycles. The molecule has 1 unspecified atom stereocenters. The molecule has 0 saturated heterocycles. The van der Waals surface area contributed by atoms with Crippen LogP contribution in [0.3, 0.4) is 0 Å². The van der Waals surface area contributed by atoms with E-state index in [1.807, 2.05) is 0 Å². The first kappa shape index (κ1) is 26.4. The van der Waals surface area contributed by atoms with Crippen molar-refractivity contribution in [3.8, 4) is 0 Å². The van der Waals surface area contributed by atoms with Gasteiger partial charge in [0.1, 0.15) is 0 Å². The van der Waals surface area contributed by atoms with Crippen molar-refractivity contribution in [3.63, 3.8) is 0 Å². The Balaban J connectivity index is 1.45. The molecule has 0 bridgehead atoms. The van der Waals surface area contributed by atoms with Crippen LogP contribution in [0, 0.1) is 0 Å². The Morgan fingerprint density at radius 1 is 0.487 bits per heavy atom. The number of hydrogen-bond donors (Lipinski definition) is 0. The summed E-state index contributed by atoms with van der Waals surface area (Å²) in [7, 11) is -2.39. The SMILES string of the molecule is CCC(C)c1ccc(/C=C/c2ccc(/C=C/[Si](c3ccccc3)(c3ccccc3)c3ccccc3)cc2)cc1. The molecule has 0 aromatic heterocycles. The Bertz CT molecular complexity index is 1400.